The second-order valence-electron chi connectivity index (χ2n) is 3.51. The van der Waals surface area contributed by atoms with Crippen LogP contribution in [0.5, 0.6) is 0 Å². The fourth-order valence-corrected chi connectivity index (χ4v) is 1.14. The fraction of sp³-hybridized carbons (Fsp3) is 0.417. The topological polar surface area (TPSA) is 29.1 Å². The van der Waals surface area contributed by atoms with Gasteiger partial charge >= 0.3 is 0 Å². The zero-order valence-electron chi connectivity index (χ0n) is 8.79. The summed E-state index contributed by atoms with van der Waals surface area (Å²) >= 11 is 0. The summed E-state index contributed by atoms with van der Waals surface area (Å²) < 4.78 is 0. The van der Waals surface area contributed by atoms with Gasteiger partial charge in [-0.25, -0.2) is 0 Å². The first kappa shape index (κ1) is 10.8. The van der Waals surface area contributed by atoms with Crippen molar-refractivity contribution >= 4 is 5.91 Å². The lowest BCUT2D eigenvalue weighted by Crippen LogP contribution is -2.28. The van der Waals surface area contributed by atoms with E-state index in [2.05, 4.69) is 5.32 Å². The van der Waals surface area contributed by atoms with Gasteiger partial charge in [0.1, 0.15) is 0 Å². The predicted molar refractivity (Wildman–Crippen MR) is 59.9 cm³/mol. The number of hydrogen-bond acceptors (Lipinski definition) is 1. The number of carbonyl (C=O) groups excluding carboxylic acids is 1. The van der Waals surface area contributed by atoms with Crippen LogP contribution in [-0.2, 0) is 11.3 Å². The van der Waals surface area contributed by atoms with Gasteiger partial charge in [0.15, 0.2) is 0 Å². The van der Waals surface area contributed by atoms with E-state index in [1.54, 1.807) is 0 Å². The van der Waals surface area contributed by atoms with Crippen molar-refractivity contribution in [3.63, 3.8) is 0 Å². The van der Waals surface area contributed by atoms with Crippen molar-refractivity contribution < 1.29 is 6.22 Å². The molecule has 2 heteroatoms. The molecule has 1 amide bonds. The fourth-order valence-electron chi connectivity index (χ4n) is 1.14. The van der Waals surface area contributed by atoms with Crippen LogP contribution in [0.25, 0.3) is 0 Å². The molecule has 1 N–H and O–H groups in total. The van der Waals surface area contributed by atoms with Crippen molar-refractivity contribution in [1.29, 1.82) is 0 Å². The molecule has 78 valence electrons. The Balaban J connectivity index is 0.00000196. The molecule has 1 atom stereocenters. The molecule has 0 radical (unpaired) electrons. The molecule has 0 bridgehead atoms. The first-order valence-corrected chi connectivity index (χ1v) is 5.05. The van der Waals surface area contributed by atoms with Crippen LogP contribution in [-0.4, -0.2) is 5.91 Å². The molecular formula is C12H19NO. The highest BCUT2D eigenvalue weighted by Gasteiger charge is 2.08. The number of carbonyl (C=O) groups is 1. The van der Waals surface area contributed by atoms with E-state index < -0.39 is 0 Å². The molecule has 0 saturated heterocycles. The Morgan fingerprint density at radius 2 is 2.07 bits per heavy atom. The monoisotopic (exact) mass is 193 g/mol. The lowest BCUT2D eigenvalue weighted by Gasteiger charge is -2.09. The second kappa shape index (κ2) is 5.43. The zero-order valence-corrected chi connectivity index (χ0v) is 8.79. The summed E-state index contributed by atoms with van der Waals surface area (Å²) in [5.74, 6) is 0.245. The summed E-state index contributed by atoms with van der Waals surface area (Å²) in [5, 5.41) is 2.91. The quantitative estimate of drug-likeness (QED) is 0.782. The molecule has 0 fully saturated rings. The Morgan fingerprint density at radius 1 is 1.43 bits per heavy atom. The first-order valence-electron chi connectivity index (χ1n) is 5.05. The Kier molecular flexibility index (Phi) is 4.17. The highest BCUT2D eigenvalue weighted by molar-refractivity contribution is 5.78. The van der Waals surface area contributed by atoms with Crippen LogP contribution in [0, 0.1) is 5.92 Å². The molecule has 0 aromatic heterocycles. The third-order valence-electron chi connectivity index (χ3n) is 2.37. The minimum Gasteiger partial charge on any atom is -0.352 e. The summed E-state index contributed by atoms with van der Waals surface area (Å²) in [4.78, 5) is 11.4. The van der Waals surface area contributed by atoms with E-state index in [-0.39, 0.29) is 13.3 Å². The lowest BCUT2D eigenvalue weighted by molar-refractivity contribution is -0.124. The molecule has 0 aliphatic carbocycles. The molecule has 0 spiro atoms. The van der Waals surface area contributed by atoms with Gasteiger partial charge < -0.3 is 5.32 Å². The average molecular weight is 193 g/mol. The number of benzene rings is 1. The molecular weight excluding hydrogens is 174 g/mol. The maximum atomic E-state index is 11.4. The highest BCUT2D eigenvalue weighted by Crippen LogP contribution is 2.02. The summed E-state index contributed by atoms with van der Waals surface area (Å²) in [6.45, 7) is 4.59. The number of amides is 1. The maximum absolute atomic E-state index is 11.4. The molecule has 0 aliphatic heterocycles. The van der Waals surface area contributed by atoms with E-state index in [1.807, 2.05) is 44.2 Å². The number of nitrogens with one attached hydrogen (secondary N) is 1. The summed E-state index contributed by atoms with van der Waals surface area (Å²) in [6, 6.07) is 9.95. The van der Waals surface area contributed by atoms with Gasteiger partial charge in [0.05, 0.1) is 0 Å². The van der Waals surface area contributed by atoms with E-state index in [0.29, 0.717) is 6.54 Å². The van der Waals surface area contributed by atoms with Gasteiger partial charge in [0.2, 0.25) is 5.91 Å². The van der Waals surface area contributed by atoms with E-state index in [1.165, 1.54) is 0 Å². The zero-order chi connectivity index (χ0) is 10.4. The molecule has 2 nitrogen and oxygen atoms in total. The summed E-state index contributed by atoms with van der Waals surface area (Å²) in [5.41, 5.74) is 1.14. The van der Waals surface area contributed by atoms with Crippen LogP contribution < -0.4 is 5.32 Å². The SMILES string of the molecule is CCC(C)C(=O)NCc1ccccc1.[HH]. The maximum Gasteiger partial charge on any atom is 0.223 e. The lowest BCUT2D eigenvalue weighted by atomic mass is 10.1. The number of hydrogen-bond donors (Lipinski definition) is 1. The predicted octanol–water partition coefficient (Wildman–Crippen LogP) is 2.59. The van der Waals surface area contributed by atoms with Gasteiger partial charge in [0.25, 0.3) is 0 Å². The highest BCUT2D eigenvalue weighted by atomic mass is 16.1. The van der Waals surface area contributed by atoms with Crippen molar-refractivity contribution in [3.05, 3.63) is 35.9 Å². The van der Waals surface area contributed by atoms with E-state index in [0.717, 1.165) is 12.0 Å². The summed E-state index contributed by atoms with van der Waals surface area (Å²) in [7, 11) is 0. The van der Waals surface area contributed by atoms with Crippen molar-refractivity contribution in [2.75, 3.05) is 0 Å². The summed E-state index contributed by atoms with van der Waals surface area (Å²) in [6.07, 6.45) is 0.890. The molecule has 1 aromatic rings. The van der Waals surface area contributed by atoms with Crippen LogP contribution in [0.3, 0.4) is 0 Å². The van der Waals surface area contributed by atoms with Crippen molar-refractivity contribution in [3.8, 4) is 0 Å². The van der Waals surface area contributed by atoms with Crippen molar-refractivity contribution in [2.45, 2.75) is 26.8 Å². The Morgan fingerprint density at radius 3 is 2.64 bits per heavy atom. The average Bonchev–Trinajstić information content (AvgIpc) is 2.26. The van der Waals surface area contributed by atoms with Crippen LogP contribution in [0.2, 0.25) is 0 Å². The van der Waals surface area contributed by atoms with Gasteiger partial charge in [-0.05, 0) is 12.0 Å². The molecule has 0 heterocycles. The Labute approximate surface area is 86.8 Å². The third kappa shape index (κ3) is 3.21. The van der Waals surface area contributed by atoms with Crippen LogP contribution in [0.1, 0.15) is 27.3 Å². The smallest absolute Gasteiger partial charge is 0.223 e. The van der Waals surface area contributed by atoms with Gasteiger partial charge in [-0.2, -0.15) is 0 Å². The standard InChI is InChI=1S/C12H17NO.H2/c1-3-10(2)12(14)13-9-11-7-5-4-6-8-11;/h4-8,10H,3,9H2,1-2H3,(H,13,14);1H. The normalized spacial score (nSPS) is 12.1. The van der Waals surface area contributed by atoms with E-state index in [4.69, 9.17) is 0 Å². The second-order valence-corrected chi connectivity index (χ2v) is 3.51. The van der Waals surface area contributed by atoms with Crippen LogP contribution in [0.4, 0.5) is 0 Å². The number of rotatable bonds is 4. The van der Waals surface area contributed by atoms with Gasteiger partial charge in [-0.3, -0.25) is 4.79 Å². The molecule has 0 aliphatic rings. The Bertz CT molecular complexity index is 287. The molecule has 1 unspecified atom stereocenters. The van der Waals surface area contributed by atoms with Crippen molar-refractivity contribution in [2.24, 2.45) is 5.92 Å². The van der Waals surface area contributed by atoms with Gasteiger partial charge in [-0.1, -0.05) is 44.2 Å². The largest absolute Gasteiger partial charge is 0.352 e. The van der Waals surface area contributed by atoms with E-state index >= 15 is 0 Å². The van der Waals surface area contributed by atoms with Crippen LogP contribution in [0.15, 0.2) is 30.3 Å². The molecule has 14 heavy (non-hydrogen) atoms. The first-order chi connectivity index (χ1) is 6.74. The van der Waals surface area contributed by atoms with Gasteiger partial charge in [-0.15, -0.1) is 0 Å². The molecule has 1 rings (SSSR count). The molecule has 1 aromatic carbocycles. The molecule has 0 saturated carbocycles. The van der Waals surface area contributed by atoms with E-state index in [9.17, 15) is 4.79 Å². The third-order valence-corrected chi connectivity index (χ3v) is 2.37. The minimum atomic E-state index is 0. The Hall–Kier alpha value is -1.31. The van der Waals surface area contributed by atoms with Crippen molar-refractivity contribution in [1.82, 2.24) is 5.32 Å². The van der Waals surface area contributed by atoms with Crippen LogP contribution >= 0.6 is 0 Å². The minimum absolute atomic E-state index is 0. The van der Waals surface area contributed by atoms with Gasteiger partial charge in [0, 0.05) is 13.9 Å².